The van der Waals surface area contributed by atoms with Crippen LogP contribution in [-0.2, 0) is 51.2 Å². The van der Waals surface area contributed by atoms with E-state index in [0.29, 0.717) is 0 Å². The van der Waals surface area contributed by atoms with E-state index in [-0.39, 0.29) is 99.0 Å². The first-order valence-corrected chi connectivity index (χ1v) is 0. The molecule has 32 valence electrons. The van der Waals surface area contributed by atoms with Crippen molar-refractivity contribution in [2.45, 2.75) is 0 Å². The van der Waals surface area contributed by atoms with Crippen molar-refractivity contribution in [3.05, 3.63) is 0 Å². The number of rotatable bonds is 0. The molecule has 0 aliphatic heterocycles. The molecular formula is Fe3Sn2. The van der Waals surface area contributed by atoms with E-state index < -0.39 is 0 Å². The quantitative estimate of drug-likeness (QED) is 0.465. The Kier molecular flexibility index (Phi) is 228. The van der Waals surface area contributed by atoms with Gasteiger partial charge in [-0.15, -0.1) is 0 Å². The van der Waals surface area contributed by atoms with Gasteiger partial charge in [0, 0.05) is 99.0 Å². The molecular weight excluding hydrogens is 405 g/mol. The molecule has 0 unspecified atom stereocenters. The fourth-order valence-electron chi connectivity index (χ4n) is 0. The van der Waals surface area contributed by atoms with Gasteiger partial charge in [0.05, 0.1) is 0 Å². The topological polar surface area (TPSA) is 0 Å². The Balaban J connectivity index is 0. The van der Waals surface area contributed by atoms with Gasteiger partial charge in [0.2, 0.25) is 0 Å². The van der Waals surface area contributed by atoms with Gasteiger partial charge in [-0.05, 0) is 0 Å². The van der Waals surface area contributed by atoms with E-state index in [0.717, 1.165) is 0 Å². The molecule has 0 aliphatic carbocycles. The molecule has 0 nitrogen and oxygen atoms in total. The molecule has 0 aromatic rings. The first kappa shape index (κ1) is 41.9. The second-order valence-corrected chi connectivity index (χ2v) is 0. The van der Waals surface area contributed by atoms with E-state index in [1.807, 2.05) is 0 Å². The van der Waals surface area contributed by atoms with Gasteiger partial charge in [-0.1, -0.05) is 0 Å². The van der Waals surface area contributed by atoms with Crippen molar-refractivity contribution in [3.63, 3.8) is 0 Å². The summed E-state index contributed by atoms with van der Waals surface area (Å²) in [5.41, 5.74) is 0. The van der Waals surface area contributed by atoms with Crippen LogP contribution in [0.1, 0.15) is 0 Å². The van der Waals surface area contributed by atoms with Crippen LogP contribution in [0.2, 0.25) is 0 Å². The molecule has 0 aromatic carbocycles. The second kappa shape index (κ2) is 27.2. The molecule has 0 saturated heterocycles. The molecule has 5 heteroatoms. The molecule has 0 bridgehead atoms. The van der Waals surface area contributed by atoms with E-state index in [1.165, 1.54) is 0 Å². The predicted octanol–water partition coefficient (Wildman–Crippen LogP) is -0.769. The maximum absolute atomic E-state index is 0. The summed E-state index contributed by atoms with van der Waals surface area (Å²) in [6.45, 7) is 0. The van der Waals surface area contributed by atoms with Crippen molar-refractivity contribution in [1.82, 2.24) is 0 Å². The van der Waals surface area contributed by atoms with Crippen LogP contribution in [0.3, 0.4) is 0 Å². The van der Waals surface area contributed by atoms with Crippen molar-refractivity contribution < 1.29 is 51.2 Å². The van der Waals surface area contributed by atoms with Crippen molar-refractivity contribution in [2.75, 3.05) is 0 Å². The Hall–Kier alpha value is 3.16. The van der Waals surface area contributed by atoms with Crippen LogP contribution >= 0.6 is 0 Å². The van der Waals surface area contributed by atoms with Gasteiger partial charge in [-0.25, -0.2) is 0 Å². The monoisotopic (exact) mass is 408 g/mol. The Morgan fingerprint density at radius 3 is 0.400 bits per heavy atom. The Labute approximate surface area is 97.3 Å². The smallest absolute Gasteiger partial charge is 0 e. The van der Waals surface area contributed by atoms with Crippen LogP contribution in [0.15, 0.2) is 0 Å². The standard InChI is InChI=1S/3Fe.2Sn. The third-order valence-electron chi connectivity index (χ3n) is 0. The summed E-state index contributed by atoms with van der Waals surface area (Å²) in [5, 5.41) is 0. The van der Waals surface area contributed by atoms with Gasteiger partial charge in [0.1, 0.15) is 0 Å². The summed E-state index contributed by atoms with van der Waals surface area (Å²) < 4.78 is 0. The summed E-state index contributed by atoms with van der Waals surface area (Å²) in [5.74, 6) is 0. The van der Waals surface area contributed by atoms with Crippen molar-refractivity contribution in [2.24, 2.45) is 0 Å². The number of hydrogen-bond acceptors (Lipinski definition) is 0. The fraction of sp³-hybridized carbons (Fsp3) is 0. The summed E-state index contributed by atoms with van der Waals surface area (Å²) in [6, 6.07) is 0. The molecule has 0 N–H and O–H groups in total. The molecule has 0 aromatic heterocycles. The zero-order valence-corrected chi connectivity index (χ0v) is 11.1. The average molecular weight is 405 g/mol. The van der Waals surface area contributed by atoms with Gasteiger partial charge in [-0.3, -0.25) is 0 Å². The molecule has 0 atom stereocenters. The minimum absolute atomic E-state index is 0. The summed E-state index contributed by atoms with van der Waals surface area (Å²) >= 11 is 0. The third-order valence-corrected chi connectivity index (χ3v) is 0. The second-order valence-electron chi connectivity index (χ2n) is 0. The summed E-state index contributed by atoms with van der Waals surface area (Å²) in [7, 11) is 0. The van der Waals surface area contributed by atoms with Gasteiger partial charge in [-0.2, -0.15) is 0 Å². The third kappa shape index (κ3) is 19.1. The molecule has 0 rings (SSSR count). The van der Waals surface area contributed by atoms with Gasteiger partial charge < -0.3 is 0 Å². The molecule has 0 amide bonds. The molecule has 5 heavy (non-hydrogen) atoms. The maximum atomic E-state index is 0. The minimum Gasteiger partial charge on any atom is 0 e. The summed E-state index contributed by atoms with van der Waals surface area (Å²) in [4.78, 5) is 0. The molecule has 0 heterocycles. The SMILES string of the molecule is [Fe].[Fe].[Fe].[Sn].[Sn]. The molecule has 0 spiro atoms. The normalized spacial score (nSPS) is 0. The van der Waals surface area contributed by atoms with Crippen LogP contribution in [-0.4, -0.2) is 47.8 Å². The van der Waals surface area contributed by atoms with E-state index >= 15 is 0 Å². The Morgan fingerprint density at radius 1 is 0.400 bits per heavy atom. The van der Waals surface area contributed by atoms with Crippen LogP contribution < -0.4 is 0 Å². The molecule has 0 fully saturated rings. The minimum atomic E-state index is 0. The van der Waals surface area contributed by atoms with Crippen molar-refractivity contribution >= 4 is 47.8 Å². The van der Waals surface area contributed by atoms with Crippen LogP contribution in [0, 0.1) is 0 Å². The number of hydrogen-bond donors (Lipinski definition) is 0. The van der Waals surface area contributed by atoms with Gasteiger partial charge in [0.15, 0.2) is 0 Å². The Bertz CT molecular complexity index is 4.85. The predicted molar refractivity (Wildman–Crippen MR) is 11.5 cm³/mol. The van der Waals surface area contributed by atoms with Gasteiger partial charge in [0.25, 0.3) is 0 Å². The molecule has 0 saturated carbocycles. The first-order valence-electron chi connectivity index (χ1n) is 0. The van der Waals surface area contributed by atoms with E-state index in [9.17, 15) is 0 Å². The fourth-order valence-corrected chi connectivity index (χ4v) is 0. The van der Waals surface area contributed by atoms with E-state index in [1.54, 1.807) is 0 Å². The first-order chi connectivity index (χ1) is 0. The zero-order chi connectivity index (χ0) is 0. The van der Waals surface area contributed by atoms with Gasteiger partial charge >= 0.3 is 0 Å². The Morgan fingerprint density at radius 2 is 0.400 bits per heavy atom. The van der Waals surface area contributed by atoms with E-state index in [4.69, 9.17) is 0 Å². The summed E-state index contributed by atoms with van der Waals surface area (Å²) in [6.07, 6.45) is 0. The van der Waals surface area contributed by atoms with Crippen molar-refractivity contribution in [3.8, 4) is 0 Å². The van der Waals surface area contributed by atoms with Crippen LogP contribution in [0.5, 0.6) is 0 Å². The van der Waals surface area contributed by atoms with E-state index in [2.05, 4.69) is 0 Å². The molecule has 8 radical (unpaired) electrons. The zero-order valence-electron chi connectivity index (χ0n) is 2.06. The average Bonchev–Trinajstić information content (AvgIpc) is 0. The molecule has 0 aliphatic rings. The van der Waals surface area contributed by atoms with Crippen LogP contribution in [0.25, 0.3) is 0 Å². The largest absolute Gasteiger partial charge is 0 e. The van der Waals surface area contributed by atoms with Crippen LogP contribution in [0.4, 0.5) is 0 Å². The maximum Gasteiger partial charge on any atom is 0 e. The van der Waals surface area contributed by atoms with Crippen molar-refractivity contribution in [1.29, 1.82) is 0 Å².